The Labute approximate surface area is 123 Å². The van der Waals surface area contributed by atoms with Crippen molar-refractivity contribution in [2.75, 3.05) is 19.0 Å². The maximum absolute atomic E-state index is 11.5. The molecule has 0 radical (unpaired) electrons. The fraction of sp³-hybridized carbons (Fsp3) is 0.267. The van der Waals surface area contributed by atoms with Crippen molar-refractivity contribution in [3.63, 3.8) is 0 Å². The molecule has 0 aliphatic heterocycles. The molecule has 6 nitrogen and oxygen atoms in total. The van der Waals surface area contributed by atoms with Gasteiger partial charge >= 0.3 is 5.97 Å². The van der Waals surface area contributed by atoms with Gasteiger partial charge in [0.1, 0.15) is 12.1 Å². The van der Waals surface area contributed by atoms with Crippen LogP contribution in [0.4, 0.5) is 5.82 Å². The van der Waals surface area contributed by atoms with Crippen molar-refractivity contribution in [3.8, 4) is 5.88 Å². The highest BCUT2D eigenvalue weighted by atomic mass is 16.5. The summed E-state index contributed by atoms with van der Waals surface area (Å²) in [5.74, 6) is 0.841. The standard InChI is InChI=1S/C15H17N3O3/c1-3-21-14-8-13(17-10-18-14)16-9-11-5-4-6-12(7-11)15(19)20-2/h4-8,10H,3,9H2,1-2H3,(H,16,17,18). The molecule has 6 heteroatoms. The van der Waals surface area contributed by atoms with Gasteiger partial charge in [-0.2, -0.15) is 0 Å². The van der Waals surface area contributed by atoms with Crippen molar-refractivity contribution in [1.82, 2.24) is 9.97 Å². The van der Waals surface area contributed by atoms with Gasteiger partial charge in [0.25, 0.3) is 0 Å². The van der Waals surface area contributed by atoms with Crippen LogP contribution in [0.25, 0.3) is 0 Å². The van der Waals surface area contributed by atoms with Gasteiger partial charge in [0, 0.05) is 12.6 Å². The lowest BCUT2D eigenvalue weighted by Gasteiger charge is -2.08. The number of anilines is 1. The molecular weight excluding hydrogens is 270 g/mol. The molecule has 0 aliphatic carbocycles. The van der Waals surface area contributed by atoms with Crippen LogP contribution in [0.1, 0.15) is 22.8 Å². The van der Waals surface area contributed by atoms with E-state index in [1.165, 1.54) is 13.4 Å². The summed E-state index contributed by atoms with van der Waals surface area (Å²) >= 11 is 0. The molecule has 1 aromatic carbocycles. The molecule has 1 N–H and O–H groups in total. The maximum Gasteiger partial charge on any atom is 0.337 e. The highest BCUT2D eigenvalue weighted by Crippen LogP contribution is 2.13. The summed E-state index contributed by atoms with van der Waals surface area (Å²) in [6, 6.07) is 8.96. The summed E-state index contributed by atoms with van der Waals surface area (Å²) in [5, 5.41) is 3.16. The number of rotatable bonds is 6. The number of ether oxygens (including phenoxy) is 2. The van der Waals surface area contributed by atoms with Crippen LogP contribution in [-0.4, -0.2) is 29.7 Å². The predicted molar refractivity (Wildman–Crippen MR) is 78.3 cm³/mol. The zero-order chi connectivity index (χ0) is 15.1. The smallest absolute Gasteiger partial charge is 0.337 e. The van der Waals surface area contributed by atoms with Crippen molar-refractivity contribution in [3.05, 3.63) is 47.8 Å². The van der Waals surface area contributed by atoms with Gasteiger partial charge in [0.2, 0.25) is 5.88 Å². The molecule has 1 heterocycles. The monoisotopic (exact) mass is 287 g/mol. The van der Waals surface area contributed by atoms with E-state index in [-0.39, 0.29) is 5.97 Å². The molecule has 0 bridgehead atoms. The average Bonchev–Trinajstić information content (AvgIpc) is 2.53. The van der Waals surface area contributed by atoms with Crippen molar-refractivity contribution < 1.29 is 14.3 Å². The van der Waals surface area contributed by atoms with Crippen LogP contribution in [0.5, 0.6) is 5.88 Å². The molecule has 0 fully saturated rings. The molecule has 21 heavy (non-hydrogen) atoms. The molecular formula is C15H17N3O3. The zero-order valence-electron chi connectivity index (χ0n) is 12.0. The molecule has 0 atom stereocenters. The quantitative estimate of drug-likeness (QED) is 0.822. The Hall–Kier alpha value is -2.63. The van der Waals surface area contributed by atoms with E-state index in [1.54, 1.807) is 18.2 Å². The number of aromatic nitrogens is 2. The SMILES string of the molecule is CCOc1cc(NCc2cccc(C(=O)OC)c2)ncn1. The minimum atomic E-state index is -0.350. The highest BCUT2D eigenvalue weighted by Gasteiger charge is 2.06. The molecule has 0 unspecified atom stereocenters. The molecule has 2 rings (SSSR count). The Bertz CT molecular complexity index is 617. The van der Waals surface area contributed by atoms with Crippen LogP contribution in [0, 0.1) is 0 Å². The van der Waals surface area contributed by atoms with E-state index in [9.17, 15) is 4.79 Å². The van der Waals surface area contributed by atoms with Gasteiger partial charge in [0.05, 0.1) is 19.3 Å². The van der Waals surface area contributed by atoms with E-state index in [2.05, 4.69) is 15.3 Å². The maximum atomic E-state index is 11.5. The fourth-order valence-corrected chi connectivity index (χ4v) is 1.78. The zero-order valence-corrected chi connectivity index (χ0v) is 12.0. The third-order valence-electron chi connectivity index (χ3n) is 2.76. The van der Waals surface area contributed by atoms with E-state index in [1.807, 2.05) is 19.1 Å². The topological polar surface area (TPSA) is 73.3 Å². The van der Waals surface area contributed by atoms with E-state index in [0.29, 0.717) is 30.4 Å². The van der Waals surface area contributed by atoms with Crippen LogP contribution in [0.15, 0.2) is 36.7 Å². The minimum absolute atomic E-state index is 0.350. The van der Waals surface area contributed by atoms with Crippen LogP contribution in [-0.2, 0) is 11.3 Å². The van der Waals surface area contributed by atoms with Gasteiger partial charge in [-0.25, -0.2) is 14.8 Å². The lowest BCUT2D eigenvalue weighted by atomic mass is 10.1. The molecule has 0 saturated heterocycles. The minimum Gasteiger partial charge on any atom is -0.478 e. The van der Waals surface area contributed by atoms with Gasteiger partial charge in [-0.05, 0) is 24.6 Å². The van der Waals surface area contributed by atoms with Gasteiger partial charge in [-0.3, -0.25) is 0 Å². The van der Waals surface area contributed by atoms with Crippen molar-refractivity contribution >= 4 is 11.8 Å². The van der Waals surface area contributed by atoms with Crippen molar-refractivity contribution in [2.24, 2.45) is 0 Å². The third-order valence-corrected chi connectivity index (χ3v) is 2.76. The lowest BCUT2D eigenvalue weighted by Crippen LogP contribution is -2.05. The number of nitrogens with one attached hydrogen (secondary N) is 1. The van der Waals surface area contributed by atoms with Crippen LogP contribution in [0.3, 0.4) is 0 Å². The number of hydrogen-bond donors (Lipinski definition) is 1. The lowest BCUT2D eigenvalue weighted by molar-refractivity contribution is 0.0600. The molecule has 0 aliphatic rings. The van der Waals surface area contributed by atoms with E-state index in [4.69, 9.17) is 9.47 Å². The summed E-state index contributed by atoms with van der Waals surface area (Å²) in [5.41, 5.74) is 1.48. The summed E-state index contributed by atoms with van der Waals surface area (Å²) < 4.78 is 10.0. The number of carbonyl (C=O) groups is 1. The fourth-order valence-electron chi connectivity index (χ4n) is 1.78. The summed E-state index contributed by atoms with van der Waals surface area (Å²) in [6.07, 6.45) is 1.44. The molecule has 0 saturated carbocycles. The Balaban J connectivity index is 2.02. The second-order valence-electron chi connectivity index (χ2n) is 4.22. The third kappa shape index (κ3) is 4.17. The van der Waals surface area contributed by atoms with Crippen LogP contribution in [0.2, 0.25) is 0 Å². The number of nitrogens with zero attached hydrogens (tertiary/aromatic N) is 2. The second-order valence-corrected chi connectivity index (χ2v) is 4.22. The number of esters is 1. The summed E-state index contributed by atoms with van der Waals surface area (Å²) in [7, 11) is 1.36. The molecule has 0 amide bonds. The first kappa shape index (κ1) is 14.8. The largest absolute Gasteiger partial charge is 0.478 e. The normalized spacial score (nSPS) is 10.0. The first-order valence-electron chi connectivity index (χ1n) is 6.59. The van der Waals surface area contributed by atoms with Gasteiger partial charge < -0.3 is 14.8 Å². The molecule has 2 aromatic rings. The number of carbonyl (C=O) groups excluding carboxylic acids is 1. The first-order chi connectivity index (χ1) is 10.2. The Kier molecular flexibility index (Phi) is 5.09. The van der Waals surface area contributed by atoms with Gasteiger partial charge in [-0.15, -0.1) is 0 Å². The second kappa shape index (κ2) is 7.23. The van der Waals surface area contributed by atoms with Gasteiger partial charge in [0.15, 0.2) is 0 Å². The Morgan fingerprint density at radius 1 is 1.29 bits per heavy atom. The van der Waals surface area contributed by atoms with Crippen molar-refractivity contribution in [2.45, 2.75) is 13.5 Å². The van der Waals surface area contributed by atoms with E-state index in [0.717, 1.165) is 5.56 Å². The first-order valence-corrected chi connectivity index (χ1v) is 6.59. The Morgan fingerprint density at radius 2 is 2.14 bits per heavy atom. The van der Waals surface area contributed by atoms with E-state index >= 15 is 0 Å². The number of methoxy groups -OCH3 is 1. The predicted octanol–water partition coefficient (Wildman–Crippen LogP) is 2.27. The number of benzene rings is 1. The number of hydrogen-bond acceptors (Lipinski definition) is 6. The van der Waals surface area contributed by atoms with Crippen LogP contribution >= 0.6 is 0 Å². The summed E-state index contributed by atoms with van der Waals surface area (Å²) in [6.45, 7) is 2.98. The summed E-state index contributed by atoms with van der Waals surface area (Å²) in [4.78, 5) is 19.6. The van der Waals surface area contributed by atoms with E-state index < -0.39 is 0 Å². The molecule has 1 aromatic heterocycles. The molecule has 110 valence electrons. The van der Waals surface area contributed by atoms with Gasteiger partial charge in [-0.1, -0.05) is 12.1 Å². The average molecular weight is 287 g/mol. The highest BCUT2D eigenvalue weighted by molar-refractivity contribution is 5.89. The Morgan fingerprint density at radius 3 is 2.90 bits per heavy atom. The molecule has 0 spiro atoms. The van der Waals surface area contributed by atoms with Crippen LogP contribution < -0.4 is 10.1 Å². The van der Waals surface area contributed by atoms with Crippen molar-refractivity contribution in [1.29, 1.82) is 0 Å².